The summed E-state index contributed by atoms with van der Waals surface area (Å²) >= 11 is 0. The van der Waals surface area contributed by atoms with Crippen molar-refractivity contribution in [3.05, 3.63) is 53.1 Å². The van der Waals surface area contributed by atoms with Crippen molar-refractivity contribution in [1.29, 1.82) is 0 Å². The van der Waals surface area contributed by atoms with Crippen molar-refractivity contribution in [2.45, 2.75) is 51.3 Å². The van der Waals surface area contributed by atoms with Gasteiger partial charge in [0.05, 0.1) is 0 Å². The van der Waals surface area contributed by atoms with Gasteiger partial charge in [-0.25, -0.2) is 21.5 Å². The number of hydrogen-bond acceptors (Lipinski definition) is 4. The van der Waals surface area contributed by atoms with E-state index in [2.05, 4.69) is 4.99 Å². The van der Waals surface area contributed by atoms with Gasteiger partial charge in [0.1, 0.15) is 29.1 Å². The minimum absolute atomic E-state index is 0.0748. The molecule has 0 radical (unpaired) electrons. The number of aliphatic imine (C=N–C) groups is 1. The van der Waals surface area contributed by atoms with Crippen LogP contribution in [0.4, 0.5) is 8.78 Å². The van der Waals surface area contributed by atoms with Gasteiger partial charge in [0.2, 0.25) is 0 Å². The molecule has 0 aliphatic carbocycles. The van der Waals surface area contributed by atoms with Crippen LogP contribution in [0.1, 0.15) is 45.6 Å². The number of benzene rings is 1. The zero-order valence-electron chi connectivity index (χ0n) is 17.7. The van der Waals surface area contributed by atoms with E-state index in [0.717, 1.165) is 28.8 Å². The van der Waals surface area contributed by atoms with Crippen molar-refractivity contribution >= 4 is 15.9 Å². The van der Waals surface area contributed by atoms with Crippen LogP contribution in [0.15, 0.2) is 45.8 Å². The quantitative estimate of drug-likeness (QED) is 0.232. The second-order valence-electron chi connectivity index (χ2n) is 6.56. The molecule has 1 aromatic carbocycles. The topological polar surface area (TPSA) is 59.0 Å². The van der Waals surface area contributed by atoms with Gasteiger partial charge in [-0.1, -0.05) is 38.0 Å². The summed E-state index contributed by atoms with van der Waals surface area (Å²) in [5.41, 5.74) is 1.26. The summed E-state index contributed by atoms with van der Waals surface area (Å²) in [4.78, 5) is 3.41. The Bertz CT molecular complexity index is 878. The monoisotopic (exact) mass is 428 g/mol. The van der Waals surface area contributed by atoms with Crippen LogP contribution in [0.2, 0.25) is 0 Å². The predicted octanol–water partition coefficient (Wildman–Crippen LogP) is 4.84. The first-order valence-electron chi connectivity index (χ1n) is 9.53. The van der Waals surface area contributed by atoms with Crippen LogP contribution in [0.25, 0.3) is 0 Å². The molecular formula is C21H30F2N2O3S. The Hall–Kier alpha value is -2.06. The van der Waals surface area contributed by atoms with Crippen LogP contribution in [-0.2, 0) is 21.2 Å². The molecule has 0 aromatic heterocycles. The molecule has 0 heterocycles. The molecule has 0 unspecified atom stereocenters. The third-order valence-electron chi connectivity index (χ3n) is 4.38. The van der Waals surface area contributed by atoms with Crippen LogP contribution in [0.5, 0.6) is 0 Å². The van der Waals surface area contributed by atoms with Crippen molar-refractivity contribution in [3.63, 3.8) is 0 Å². The Morgan fingerprint density at radius 1 is 1.24 bits per heavy atom. The normalized spacial score (nSPS) is 13.3. The summed E-state index contributed by atoms with van der Waals surface area (Å²) in [6.45, 7) is 5.52. The van der Waals surface area contributed by atoms with Gasteiger partial charge in [0.25, 0.3) is 10.0 Å². The second kappa shape index (κ2) is 11.8. The number of sulfonamides is 1. The number of ether oxygens (including phenoxy) is 1. The zero-order valence-corrected chi connectivity index (χ0v) is 18.5. The number of methoxy groups -OCH3 is 1. The molecule has 0 fully saturated rings. The third-order valence-corrected chi connectivity index (χ3v) is 6.12. The molecule has 8 heteroatoms. The van der Waals surface area contributed by atoms with E-state index < -0.39 is 26.6 Å². The van der Waals surface area contributed by atoms with Gasteiger partial charge in [-0.2, -0.15) is 0 Å². The number of hydrogen-bond donors (Lipinski definition) is 0. The van der Waals surface area contributed by atoms with Crippen molar-refractivity contribution in [3.8, 4) is 0 Å². The molecule has 0 amide bonds. The molecule has 0 atom stereocenters. The van der Waals surface area contributed by atoms with Gasteiger partial charge in [-0.15, -0.1) is 0 Å². The Morgan fingerprint density at radius 2 is 1.93 bits per heavy atom. The number of unbranched alkanes of at least 4 members (excludes halogenated alkanes) is 1. The molecule has 0 saturated carbocycles. The first-order valence-corrected chi connectivity index (χ1v) is 11.0. The number of amidine groups is 1. The van der Waals surface area contributed by atoms with E-state index in [0.29, 0.717) is 18.9 Å². The average Bonchev–Trinajstić information content (AvgIpc) is 2.68. The maximum absolute atomic E-state index is 14.5. The number of nitrogens with zero attached hydrogens (tertiary/aromatic N) is 2. The summed E-state index contributed by atoms with van der Waals surface area (Å²) in [6, 6.07) is 1.69. The van der Waals surface area contributed by atoms with Gasteiger partial charge < -0.3 is 4.74 Å². The summed E-state index contributed by atoms with van der Waals surface area (Å²) in [5.74, 6) is -1.83. The van der Waals surface area contributed by atoms with Crippen molar-refractivity contribution in [2.24, 2.45) is 4.99 Å². The fourth-order valence-electron chi connectivity index (χ4n) is 2.51. The highest BCUT2D eigenvalue weighted by molar-refractivity contribution is 7.89. The van der Waals surface area contributed by atoms with Crippen molar-refractivity contribution < 1.29 is 21.9 Å². The summed E-state index contributed by atoms with van der Waals surface area (Å²) < 4.78 is 60.8. The van der Waals surface area contributed by atoms with Gasteiger partial charge in [-0.3, -0.25) is 4.99 Å². The first kappa shape index (κ1) is 25.0. The van der Waals surface area contributed by atoms with Crippen molar-refractivity contribution in [2.75, 3.05) is 20.9 Å². The molecule has 0 N–H and O–H groups in total. The van der Waals surface area contributed by atoms with Crippen LogP contribution < -0.4 is 0 Å². The average molecular weight is 429 g/mol. The molecular weight excluding hydrogens is 398 g/mol. The van der Waals surface area contributed by atoms with Gasteiger partial charge in [0.15, 0.2) is 0 Å². The van der Waals surface area contributed by atoms with Crippen LogP contribution in [0.3, 0.4) is 0 Å². The van der Waals surface area contributed by atoms with E-state index in [1.165, 1.54) is 20.2 Å². The van der Waals surface area contributed by atoms with E-state index >= 15 is 0 Å². The van der Waals surface area contributed by atoms with Gasteiger partial charge >= 0.3 is 0 Å². The Morgan fingerprint density at radius 3 is 2.48 bits per heavy atom. The molecule has 0 aliphatic heterocycles. The Kier molecular flexibility index (Phi) is 10.2. The Labute approximate surface area is 172 Å². The lowest BCUT2D eigenvalue weighted by atomic mass is 10.1. The molecule has 162 valence electrons. The van der Waals surface area contributed by atoms with E-state index in [1.807, 2.05) is 26.8 Å². The van der Waals surface area contributed by atoms with Crippen LogP contribution in [0, 0.1) is 11.6 Å². The molecule has 0 spiro atoms. The lowest BCUT2D eigenvalue weighted by Crippen LogP contribution is -2.38. The molecule has 0 bridgehead atoms. The minimum atomic E-state index is -4.36. The highest BCUT2D eigenvalue weighted by Gasteiger charge is 2.30. The smallest absolute Gasteiger partial charge is 0.270 e. The SMILES string of the molecule is CCCCc1cc(S(=O)(=O)N(COC)C(C=CC=C(C)CC)=NC)c(F)cc1F. The number of allylic oxidation sites excluding steroid dienone is 3. The predicted molar refractivity (Wildman–Crippen MR) is 112 cm³/mol. The maximum atomic E-state index is 14.5. The van der Waals surface area contributed by atoms with Gasteiger partial charge in [-0.05, 0) is 43.9 Å². The van der Waals surface area contributed by atoms with E-state index in [-0.39, 0.29) is 18.1 Å². The van der Waals surface area contributed by atoms with Crippen LogP contribution in [-0.4, -0.2) is 39.4 Å². The summed E-state index contributed by atoms with van der Waals surface area (Å²) in [5, 5.41) is 0. The number of halogens is 2. The highest BCUT2D eigenvalue weighted by Crippen LogP contribution is 2.24. The summed E-state index contributed by atoms with van der Waals surface area (Å²) in [7, 11) is -1.60. The minimum Gasteiger partial charge on any atom is -0.363 e. The number of aryl methyl sites for hydroxylation is 1. The summed E-state index contributed by atoms with van der Waals surface area (Å²) in [6.07, 6.45) is 7.66. The second-order valence-corrected chi connectivity index (χ2v) is 8.39. The number of rotatable bonds is 10. The highest BCUT2D eigenvalue weighted by atomic mass is 32.2. The third kappa shape index (κ3) is 6.75. The molecule has 29 heavy (non-hydrogen) atoms. The van der Waals surface area contributed by atoms with Crippen molar-refractivity contribution in [1.82, 2.24) is 4.31 Å². The Balaban J connectivity index is 3.43. The molecule has 0 aliphatic rings. The maximum Gasteiger partial charge on any atom is 0.270 e. The lowest BCUT2D eigenvalue weighted by molar-refractivity contribution is 0.150. The fraction of sp³-hybridized carbons (Fsp3) is 0.476. The molecule has 0 saturated heterocycles. The zero-order chi connectivity index (χ0) is 22.0. The lowest BCUT2D eigenvalue weighted by Gasteiger charge is -2.23. The van der Waals surface area contributed by atoms with E-state index in [9.17, 15) is 17.2 Å². The molecule has 1 rings (SSSR count). The molecule has 1 aromatic rings. The van der Waals surface area contributed by atoms with Gasteiger partial charge in [0, 0.05) is 20.2 Å². The first-order chi connectivity index (χ1) is 13.7. The fourth-order valence-corrected chi connectivity index (χ4v) is 3.97. The standard InChI is InChI=1S/C21H30F2N2O3S/c1-6-8-11-17-13-20(19(23)14-18(17)22)29(26,27)25(15-28-5)21(24-4)12-9-10-16(3)7-2/h9-10,12-14H,6-8,11,15H2,1-5H3. The van der Waals surface area contributed by atoms with E-state index in [1.54, 1.807) is 6.08 Å². The largest absolute Gasteiger partial charge is 0.363 e. The van der Waals surface area contributed by atoms with E-state index in [4.69, 9.17) is 4.74 Å². The molecule has 5 nitrogen and oxygen atoms in total. The van der Waals surface area contributed by atoms with Crippen LogP contribution >= 0.6 is 0 Å².